The zero-order valence-electron chi connectivity index (χ0n) is 9.04. The minimum absolute atomic E-state index is 0.109. The maximum atomic E-state index is 12.0. The third-order valence-electron chi connectivity index (χ3n) is 2.77. The smallest absolute Gasteiger partial charge is 0.326 e. The maximum absolute atomic E-state index is 12.0. The quantitative estimate of drug-likeness (QED) is 0.779. The van der Waals surface area contributed by atoms with Crippen molar-refractivity contribution in [2.75, 3.05) is 6.54 Å². The predicted octanol–water partition coefficient (Wildman–Crippen LogP) is 0.476. The third kappa shape index (κ3) is 2.20. The van der Waals surface area contributed by atoms with Crippen LogP contribution in [-0.4, -0.2) is 44.6 Å². The first-order valence-electron chi connectivity index (χ1n) is 5.27. The second-order valence-electron chi connectivity index (χ2n) is 3.93. The van der Waals surface area contributed by atoms with E-state index in [4.69, 9.17) is 5.11 Å². The molecule has 0 unspecified atom stereocenters. The van der Waals surface area contributed by atoms with Crippen LogP contribution in [0.25, 0.3) is 0 Å². The zero-order valence-corrected chi connectivity index (χ0v) is 9.04. The standard InChI is InChI=1S/C11H12N2O4/c14-8-4-7(5-12-6-8)10(15)13-3-1-2-9(13)11(16)17/h4-6,9,14H,1-3H2,(H,16,17)/t9-/m0/s1. The van der Waals surface area contributed by atoms with Crippen LogP contribution in [0.2, 0.25) is 0 Å². The number of carboxylic acids is 1. The number of likely N-dealkylation sites (tertiary alicyclic amines) is 1. The van der Waals surface area contributed by atoms with Gasteiger partial charge in [0.25, 0.3) is 5.91 Å². The van der Waals surface area contributed by atoms with Crippen LogP contribution in [0.4, 0.5) is 0 Å². The first-order valence-corrected chi connectivity index (χ1v) is 5.27. The molecule has 0 aromatic carbocycles. The number of carbonyl (C=O) groups excluding carboxylic acids is 1. The number of carbonyl (C=O) groups is 2. The average Bonchev–Trinajstić information content (AvgIpc) is 2.77. The highest BCUT2D eigenvalue weighted by Gasteiger charge is 2.34. The number of aromatic nitrogens is 1. The topological polar surface area (TPSA) is 90.7 Å². The highest BCUT2D eigenvalue weighted by atomic mass is 16.4. The predicted molar refractivity (Wildman–Crippen MR) is 57.6 cm³/mol. The molecule has 1 aromatic heterocycles. The Hall–Kier alpha value is -2.11. The highest BCUT2D eigenvalue weighted by Crippen LogP contribution is 2.21. The molecule has 2 rings (SSSR count). The first-order chi connectivity index (χ1) is 8.09. The van der Waals surface area contributed by atoms with Gasteiger partial charge in [-0.25, -0.2) is 4.79 Å². The SMILES string of the molecule is O=C(O)[C@@H]1CCCN1C(=O)c1cncc(O)c1. The lowest BCUT2D eigenvalue weighted by Gasteiger charge is -2.21. The number of rotatable bonds is 2. The molecule has 1 atom stereocenters. The van der Waals surface area contributed by atoms with Crippen LogP contribution in [0.15, 0.2) is 18.5 Å². The van der Waals surface area contributed by atoms with E-state index in [1.807, 2.05) is 0 Å². The molecule has 6 nitrogen and oxygen atoms in total. The van der Waals surface area contributed by atoms with Crippen molar-refractivity contribution in [3.63, 3.8) is 0 Å². The average molecular weight is 236 g/mol. The van der Waals surface area contributed by atoms with Crippen molar-refractivity contribution in [3.8, 4) is 5.75 Å². The lowest BCUT2D eigenvalue weighted by Crippen LogP contribution is -2.40. The Balaban J connectivity index is 2.23. The lowest BCUT2D eigenvalue weighted by atomic mass is 10.2. The number of aromatic hydroxyl groups is 1. The van der Waals surface area contributed by atoms with Crippen molar-refractivity contribution in [2.24, 2.45) is 0 Å². The van der Waals surface area contributed by atoms with Crippen molar-refractivity contribution >= 4 is 11.9 Å². The van der Waals surface area contributed by atoms with E-state index in [9.17, 15) is 14.7 Å². The molecule has 2 heterocycles. The number of nitrogens with zero attached hydrogens (tertiary/aromatic N) is 2. The van der Waals surface area contributed by atoms with Gasteiger partial charge in [0.2, 0.25) is 0 Å². The lowest BCUT2D eigenvalue weighted by molar-refractivity contribution is -0.141. The minimum atomic E-state index is -0.996. The second-order valence-corrected chi connectivity index (χ2v) is 3.93. The van der Waals surface area contributed by atoms with Gasteiger partial charge in [0.15, 0.2) is 0 Å². The molecule has 1 saturated heterocycles. The van der Waals surface area contributed by atoms with Crippen LogP contribution in [0.5, 0.6) is 5.75 Å². The summed E-state index contributed by atoms with van der Waals surface area (Å²) in [6.45, 7) is 0.422. The van der Waals surface area contributed by atoms with Gasteiger partial charge in [0, 0.05) is 12.7 Å². The van der Waals surface area contributed by atoms with E-state index >= 15 is 0 Å². The van der Waals surface area contributed by atoms with Gasteiger partial charge in [-0.2, -0.15) is 0 Å². The molecule has 1 fully saturated rings. The molecule has 6 heteroatoms. The van der Waals surface area contributed by atoms with Gasteiger partial charge in [-0.3, -0.25) is 9.78 Å². The molecule has 2 N–H and O–H groups in total. The van der Waals surface area contributed by atoms with Gasteiger partial charge >= 0.3 is 5.97 Å². The van der Waals surface area contributed by atoms with E-state index in [1.54, 1.807) is 0 Å². The molecule has 90 valence electrons. The van der Waals surface area contributed by atoms with E-state index in [0.29, 0.717) is 19.4 Å². The van der Waals surface area contributed by atoms with Crippen LogP contribution in [0.1, 0.15) is 23.2 Å². The Morgan fingerprint density at radius 3 is 2.82 bits per heavy atom. The summed E-state index contributed by atoms with van der Waals surface area (Å²) in [6, 6.07) is 0.511. The van der Waals surface area contributed by atoms with E-state index in [1.165, 1.54) is 23.4 Å². The van der Waals surface area contributed by atoms with E-state index in [0.717, 1.165) is 0 Å². The zero-order chi connectivity index (χ0) is 12.4. The van der Waals surface area contributed by atoms with E-state index in [-0.39, 0.29) is 11.3 Å². The number of carboxylic acid groups (broad SMARTS) is 1. The van der Waals surface area contributed by atoms with Gasteiger partial charge in [-0.15, -0.1) is 0 Å². The molecular formula is C11H12N2O4. The fraction of sp³-hybridized carbons (Fsp3) is 0.364. The molecule has 0 saturated carbocycles. The Bertz CT molecular complexity index is 461. The van der Waals surface area contributed by atoms with E-state index < -0.39 is 17.9 Å². The summed E-state index contributed by atoms with van der Waals surface area (Å²) in [7, 11) is 0. The summed E-state index contributed by atoms with van der Waals surface area (Å²) in [4.78, 5) is 28.0. The normalized spacial score (nSPS) is 19.3. The number of aliphatic carboxylic acids is 1. The van der Waals surface area contributed by atoms with Crippen LogP contribution in [-0.2, 0) is 4.79 Å². The molecule has 1 amide bonds. The largest absolute Gasteiger partial charge is 0.506 e. The summed E-state index contributed by atoms with van der Waals surface area (Å²) in [5.74, 6) is -1.51. The number of hydrogen-bond donors (Lipinski definition) is 2. The Labute approximate surface area is 97.5 Å². The molecular weight excluding hydrogens is 224 g/mol. The maximum Gasteiger partial charge on any atom is 0.326 e. The number of pyridine rings is 1. The minimum Gasteiger partial charge on any atom is -0.506 e. The Morgan fingerprint density at radius 1 is 1.41 bits per heavy atom. The molecule has 1 aromatic rings. The molecule has 17 heavy (non-hydrogen) atoms. The van der Waals surface area contributed by atoms with Crippen LogP contribution >= 0.6 is 0 Å². The summed E-state index contributed by atoms with van der Waals surface area (Å²) in [5, 5.41) is 18.2. The Morgan fingerprint density at radius 2 is 2.18 bits per heavy atom. The summed E-state index contributed by atoms with van der Waals surface area (Å²) in [6.07, 6.45) is 3.68. The van der Waals surface area contributed by atoms with Crippen molar-refractivity contribution in [1.29, 1.82) is 0 Å². The van der Waals surface area contributed by atoms with Gasteiger partial charge in [-0.05, 0) is 18.9 Å². The highest BCUT2D eigenvalue weighted by molar-refractivity contribution is 5.96. The third-order valence-corrected chi connectivity index (χ3v) is 2.77. The van der Waals surface area contributed by atoms with Gasteiger partial charge in [0.05, 0.1) is 11.8 Å². The second kappa shape index (κ2) is 4.40. The van der Waals surface area contributed by atoms with Gasteiger partial charge < -0.3 is 15.1 Å². The number of amides is 1. The molecule has 0 radical (unpaired) electrons. The molecule has 0 spiro atoms. The number of hydrogen-bond acceptors (Lipinski definition) is 4. The van der Waals surface area contributed by atoms with Gasteiger partial charge in [-0.1, -0.05) is 0 Å². The van der Waals surface area contributed by atoms with Crippen LogP contribution < -0.4 is 0 Å². The summed E-state index contributed by atoms with van der Waals surface area (Å²) >= 11 is 0. The van der Waals surface area contributed by atoms with Crippen molar-refractivity contribution < 1.29 is 19.8 Å². The van der Waals surface area contributed by atoms with Crippen molar-refractivity contribution in [2.45, 2.75) is 18.9 Å². The first kappa shape index (κ1) is 11.4. The van der Waals surface area contributed by atoms with Crippen molar-refractivity contribution in [1.82, 2.24) is 9.88 Å². The van der Waals surface area contributed by atoms with Crippen molar-refractivity contribution in [3.05, 3.63) is 24.0 Å². The summed E-state index contributed by atoms with van der Waals surface area (Å²) in [5.41, 5.74) is 0.207. The van der Waals surface area contributed by atoms with E-state index in [2.05, 4.69) is 4.98 Å². The fourth-order valence-corrected chi connectivity index (χ4v) is 1.98. The molecule has 1 aliphatic heterocycles. The Kier molecular flexibility index (Phi) is 2.95. The molecule has 1 aliphatic rings. The molecule has 0 aliphatic carbocycles. The molecule has 0 bridgehead atoms. The summed E-state index contributed by atoms with van der Waals surface area (Å²) < 4.78 is 0. The monoisotopic (exact) mass is 236 g/mol. The van der Waals surface area contributed by atoms with Crippen LogP contribution in [0.3, 0.4) is 0 Å². The van der Waals surface area contributed by atoms with Gasteiger partial charge in [0.1, 0.15) is 11.8 Å². The fourth-order valence-electron chi connectivity index (χ4n) is 1.98. The van der Waals surface area contributed by atoms with Crippen LogP contribution in [0, 0.1) is 0 Å².